The van der Waals surface area contributed by atoms with Crippen LogP contribution in [0.25, 0.3) is 11.3 Å². The summed E-state index contributed by atoms with van der Waals surface area (Å²) in [6.07, 6.45) is 1.52. The molecule has 0 N–H and O–H groups in total. The van der Waals surface area contributed by atoms with Crippen LogP contribution in [-0.4, -0.2) is 15.5 Å². The van der Waals surface area contributed by atoms with Gasteiger partial charge in [-0.2, -0.15) is 0 Å². The molecule has 0 unspecified atom stereocenters. The number of hydrogen-bond acceptors (Lipinski definition) is 3. The summed E-state index contributed by atoms with van der Waals surface area (Å²) in [6, 6.07) is 7.56. The van der Waals surface area contributed by atoms with Gasteiger partial charge in [-0.3, -0.25) is 0 Å². The quantitative estimate of drug-likeness (QED) is 0.613. The van der Waals surface area contributed by atoms with E-state index in [0.717, 1.165) is 15.7 Å². The van der Waals surface area contributed by atoms with Gasteiger partial charge in [-0.15, -0.1) is 0 Å². The van der Waals surface area contributed by atoms with Crippen molar-refractivity contribution < 1.29 is 28.8 Å². The molecule has 2 rings (SSSR count). The number of halogens is 1. The Labute approximate surface area is 119 Å². The van der Waals surface area contributed by atoms with Gasteiger partial charge in [0.25, 0.3) is 0 Å². The van der Waals surface area contributed by atoms with Crippen LogP contribution in [0.5, 0.6) is 0 Å². The molecule has 1 aromatic carbocycles. The van der Waals surface area contributed by atoms with Crippen LogP contribution in [0.4, 0.5) is 0 Å². The average molecular weight is 287 g/mol. The standard InChI is InChI=1S/C11H9BrN2O2.Li/c1-14-9(6-13-10(14)11(15)16)7-2-4-8(12)5-3-7;/h2-6H,1H3,(H,15,16);/q;+1/p-1. The molecule has 0 bridgehead atoms. The predicted molar refractivity (Wildman–Crippen MR) is 60.7 cm³/mol. The van der Waals surface area contributed by atoms with Crippen molar-refractivity contribution in [3.63, 3.8) is 0 Å². The second-order valence-corrected chi connectivity index (χ2v) is 4.24. The Kier molecular flexibility index (Phi) is 4.58. The molecule has 0 amide bonds. The van der Waals surface area contributed by atoms with E-state index in [4.69, 9.17) is 0 Å². The van der Waals surface area contributed by atoms with Gasteiger partial charge in [0.05, 0.1) is 11.9 Å². The van der Waals surface area contributed by atoms with Gasteiger partial charge in [0.15, 0.2) is 5.82 Å². The van der Waals surface area contributed by atoms with Crippen molar-refractivity contribution in [2.24, 2.45) is 7.05 Å². The Hall–Kier alpha value is -1.02. The van der Waals surface area contributed by atoms with E-state index in [2.05, 4.69) is 20.9 Å². The van der Waals surface area contributed by atoms with Gasteiger partial charge >= 0.3 is 18.9 Å². The number of carboxylic acids is 1. The Morgan fingerprint density at radius 1 is 1.35 bits per heavy atom. The fourth-order valence-corrected chi connectivity index (χ4v) is 1.75. The maximum atomic E-state index is 10.7. The molecule has 0 aliphatic heterocycles. The Morgan fingerprint density at radius 2 is 1.94 bits per heavy atom. The van der Waals surface area contributed by atoms with E-state index in [-0.39, 0.29) is 24.7 Å². The molecule has 17 heavy (non-hydrogen) atoms. The predicted octanol–water partition coefficient (Wildman–Crippen LogP) is -1.78. The van der Waals surface area contributed by atoms with E-state index in [1.165, 1.54) is 10.8 Å². The molecule has 0 aliphatic carbocycles. The van der Waals surface area contributed by atoms with Gasteiger partial charge < -0.3 is 14.5 Å². The van der Waals surface area contributed by atoms with Crippen LogP contribution < -0.4 is 24.0 Å². The number of rotatable bonds is 2. The smallest absolute Gasteiger partial charge is 0.542 e. The van der Waals surface area contributed by atoms with Gasteiger partial charge in [-0.1, -0.05) is 28.1 Å². The largest absolute Gasteiger partial charge is 1.00 e. The molecule has 0 saturated heterocycles. The summed E-state index contributed by atoms with van der Waals surface area (Å²) in [6.45, 7) is 0. The third kappa shape index (κ3) is 2.81. The summed E-state index contributed by atoms with van der Waals surface area (Å²) in [5, 5.41) is 10.7. The number of imidazole rings is 1. The maximum Gasteiger partial charge on any atom is 1.00 e. The van der Waals surface area contributed by atoms with Crippen molar-refractivity contribution in [1.82, 2.24) is 9.55 Å². The molecule has 0 spiro atoms. The van der Waals surface area contributed by atoms with Gasteiger partial charge in [0.1, 0.15) is 5.97 Å². The zero-order chi connectivity index (χ0) is 11.7. The third-order valence-corrected chi connectivity index (χ3v) is 2.84. The van der Waals surface area contributed by atoms with Gasteiger partial charge in [-0.05, 0) is 17.7 Å². The van der Waals surface area contributed by atoms with E-state index in [0.29, 0.717) is 0 Å². The molecular formula is C11H8BrLiN2O2. The minimum atomic E-state index is -1.27. The topological polar surface area (TPSA) is 58.0 Å². The number of nitrogens with zero attached hydrogens (tertiary/aromatic N) is 2. The molecular weight excluding hydrogens is 279 g/mol. The third-order valence-electron chi connectivity index (χ3n) is 2.31. The average Bonchev–Trinajstić information content (AvgIpc) is 2.61. The molecule has 6 heteroatoms. The number of benzene rings is 1. The van der Waals surface area contributed by atoms with Crippen molar-refractivity contribution in [2.75, 3.05) is 0 Å². The minimum Gasteiger partial charge on any atom is -0.542 e. The van der Waals surface area contributed by atoms with Crippen LogP contribution in [0.1, 0.15) is 10.6 Å². The van der Waals surface area contributed by atoms with Gasteiger partial charge in [0.2, 0.25) is 0 Å². The van der Waals surface area contributed by atoms with Crippen molar-refractivity contribution >= 4 is 21.9 Å². The van der Waals surface area contributed by atoms with Crippen LogP contribution in [0.3, 0.4) is 0 Å². The molecule has 0 radical (unpaired) electrons. The number of hydrogen-bond donors (Lipinski definition) is 0. The Balaban J connectivity index is 0.00000144. The summed E-state index contributed by atoms with van der Waals surface area (Å²) < 4.78 is 2.47. The number of aromatic nitrogens is 2. The number of carbonyl (C=O) groups is 1. The first-order valence-corrected chi connectivity index (χ1v) is 5.38. The molecule has 0 saturated carbocycles. The Morgan fingerprint density at radius 3 is 2.41 bits per heavy atom. The minimum absolute atomic E-state index is 0. The van der Waals surface area contributed by atoms with E-state index < -0.39 is 5.97 Å². The van der Waals surface area contributed by atoms with E-state index in [1.54, 1.807) is 7.05 Å². The van der Waals surface area contributed by atoms with Crippen molar-refractivity contribution in [3.8, 4) is 11.3 Å². The van der Waals surface area contributed by atoms with Gasteiger partial charge in [0, 0.05) is 11.5 Å². The summed E-state index contributed by atoms with van der Waals surface area (Å²) in [5.41, 5.74) is 1.65. The molecule has 82 valence electrons. The normalized spacial score (nSPS) is 9.76. The zero-order valence-corrected chi connectivity index (χ0v) is 11.1. The fraction of sp³-hybridized carbons (Fsp3) is 0.0909. The number of carbonyl (C=O) groups excluding carboxylic acids is 1. The molecule has 0 atom stereocenters. The van der Waals surface area contributed by atoms with E-state index in [9.17, 15) is 9.90 Å². The number of carboxylic acid groups (broad SMARTS) is 1. The van der Waals surface area contributed by atoms with Crippen molar-refractivity contribution in [2.45, 2.75) is 0 Å². The summed E-state index contributed by atoms with van der Waals surface area (Å²) in [7, 11) is 1.65. The maximum absolute atomic E-state index is 10.7. The van der Waals surface area contributed by atoms with Gasteiger partial charge in [-0.25, -0.2) is 4.98 Å². The molecule has 1 aromatic heterocycles. The van der Waals surface area contributed by atoms with Crippen molar-refractivity contribution in [1.29, 1.82) is 0 Å². The molecule has 4 nitrogen and oxygen atoms in total. The molecule has 0 aliphatic rings. The first kappa shape index (κ1) is 14.0. The summed E-state index contributed by atoms with van der Waals surface area (Å²) >= 11 is 3.34. The molecule has 0 fully saturated rings. The SMILES string of the molecule is Cn1c(-c2ccc(Br)cc2)cnc1C(=O)[O-].[Li+]. The van der Waals surface area contributed by atoms with Crippen molar-refractivity contribution in [3.05, 3.63) is 40.8 Å². The molecule has 1 heterocycles. The first-order valence-electron chi connectivity index (χ1n) is 4.58. The fourth-order valence-electron chi connectivity index (χ4n) is 1.49. The second-order valence-electron chi connectivity index (χ2n) is 3.32. The van der Waals surface area contributed by atoms with Crippen LogP contribution >= 0.6 is 15.9 Å². The van der Waals surface area contributed by atoms with E-state index >= 15 is 0 Å². The summed E-state index contributed by atoms with van der Waals surface area (Å²) in [5.74, 6) is -1.34. The first-order chi connectivity index (χ1) is 7.59. The van der Waals surface area contributed by atoms with Crippen LogP contribution in [0, 0.1) is 0 Å². The second kappa shape index (κ2) is 5.54. The van der Waals surface area contributed by atoms with Crippen LogP contribution in [0.15, 0.2) is 34.9 Å². The summed E-state index contributed by atoms with van der Waals surface area (Å²) in [4.78, 5) is 14.5. The van der Waals surface area contributed by atoms with E-state index in [1.807, 2.05) is 24.3 Å². The zero-order valence-electron chi connectivity index (χ0n) is 9.48. The van der Waals surface area contributed by atoms with Crippen LogP contribution in [0.2, 0.25) is 0 Å². The monoisotopic (exact) mass is 286 g/mol. The Bertz CT molecular complexity index is 537. The number of aromatic carboxylic acids is 1. The van der Waals surface area contributed by atoms with Crippen LogP contribution in [-0.2, 0) is 7.05 Å². The molecule has 2 aromatic rings.